The van der Waals surface area contributed by atoms with E-state index in [9.17, 15) is 9.90 Å². The van der Waals surface area contributed by atoms with Crippen LogP contribution in [0.2, 0.25) is 0 Å². The molecule has 1 N–H and O–H groups in total. The zero-order valence-corrected chi connectivity index (χ0v) is 13.6. The minimum absolute atomic E-state index is 0.142. The van der Waals surface area contributed by atoms with Crippen molar-refractivity contribution in [2.45, 2.75) is 69.9 Å². The van der Waals surface area contributed by atoms with Crippen LogP contribution in [0.4, 0.5) is 0 Å². The zero-order valence-electron chi connectivity index (χ0n) is 12.8. The van der Waals surface area contributed by atoms with Gasteiger partial charge in [0.1, 0.15) is 0 Å². The van der Waals surface area contributed by atoms with E-state index >= 15 is 0 Å². The second kappa shape index (κ2) is 6.09. The van der Waals surface area contributed by atoms with Crippen LogP contribution in [0.15, 0.2) is 11.4 Å². The molecule has 1 aliphatic carbocycles. The van der Waals surface area contributed by atoms with E-state index in [-0.39, 0.29) is 11.9 Å². The summed E-state index contributed by atoms with van der Waals surface area (Å²) in [6, 6.07) is 2.38. The molecule has 4 heteroatoms. The highest BCUT2D eigenvalue weighted by Crippen LogP contribution is 2.37. The second-order valence-corrected chi connectivity index (χ2v) is 7.52. The zero-order chi connectivity index (χ0) is 14.9. The van der Waals surface area contributed by atoms with Crippen molar-refractivity contribution in [1.29, 1.82) is 0 Å². The monoisotopic (exact) mass is 307 g/mol. The maximum atomic E-state index is 12.7. The Labute approximate surface area is 131 Å². The number of hydrogen-bond acceptors (Lipinski definition) is 3. The molecule has 0 bridgehead atoms. The lowest BCUT2D eigenvalue weighted by Crippen LogP contribution is -2.44. The molecule has 0 aromatic carbocycles. The summed E-state index contributed by atoms with van der Waals surface area (Å²) in [4.78, 5) is 16.2. The van der Waals surface area contributed by atoms with Crippen molar-refractivity contribution < 1.29 is 9.90 Å². The molecular formula is C17H25NO2S. The van der Waals surface area contributed by atoms with E-state index in [4.69, 9.17) is 0 Å². The molecule has 1 aromatic rings. The summed E-state index contributed by atoms with van der Waals surface area (Å²) < 4.78 is 0. The van der Waals surface area contributed by atoms with E-state index in [0.717, 1.165) is 45.1 Å². The van der Waals surface area contributed by atoms with Gasteiger partial charge in [-0.1, -0.05) is 26.2 Å². The summed E-state index contributed by atoms with van der Waals surface area (Å²) in [6.07, 6.45) is 7.09. The molecule has 1 atom stereocenters. The standard InChI is InChI=1S/C17H25NO2S/c1-2-14-13-7-11-21-15(13)6-10-18(14)16(19)12-17(20)8-4-3-5-9-17/h7,11,14,20H,2-6,8-10,12H2,1H3. The van der Waals surface area contributed by atoms with Crippen molar-refractivity contribution in [3.63, 3.8) is 0 Å². The number of carbonyl (C=O) groups excluding carboxylic acids is 1. The maximum absolute atomic E-state index is 12.7. The van der Waals surface area contributed by atoms with E-state index in [2.05, 4.69) is 18.4 Å². The van der Waals surface area contributed by atoms with Gasteiger partial charge in [-0.25, -0.2) is 0 Å². The number of amides is 1. The summed E-state index contributed by atoms with van der Waals surface area (Å²) in [5.41, 5.74) is 0.584. The molecule has 2 heterocycles. The summed E-state index contributed by atoms with van der Waals surface area (Å²) in [6.45, 7) is 2.95. The van der Waals surface area contributed by atoms with Gasteiger partial charge >= 0.3 is 0 Å². The van der Waals surface area contributed by atoms with E-state index in [1.54, 1.807) is 11.3 Å². The summed E-state index contributed by atoms with van der Waals surface area (Å²) in [5, 5.41) is 12.8. The van der Waals surface area contributed by atoms with E-state index in [1.807, 2.05) is 4.90 Å². The highest BCUT2D eigenvalue weighted by atomic mass is 32.1. The molecule has 1 unspecified atom stereocenters. The molecule has 1 aliphatic heterocycles. The molecule has 1 amide bonds. The Morgan fingerprint density at radius 2 is 2.19 bits per heavy atom. The van der Waals surface area contributed by atoms with E-state index < -0.39 is 5.60 Å². The number of rotatable bonds is 3. The van der Waals surface area contributed by atoms with Crippen LogP contribution in [0.25, 0.3) is 0 Å². The molecule has 2 aliphatic rings. The number of nitrogens with zero attached hydrogens (tertiary/aromatic N) is 1. The molecule has 0 spiro atoms. The topological polar surface area (TPSA) is 40.5 Å². The van der Waals surface area contributed by atoms with Gasteiger partial charge in [0.15, 0.2) is 0 Å². The van der Waals surface area contributed by atoms with Gasteiger partial charge in [-0.3, -0.25) is 4.79 Å². The first-order valence-electron chi connectivity index (χ1n) is 8.21. The molecule has 116 valence electrons. The van der Waals surface area contributed by atoms with Crippen LogP contribution in [0, 0.1) is 0 Å². The third kappa shape index (κ3) is 3.02. The average molecular weight is 307 g/mol. The van der Waals surface area contributed by atoms with Crippen molar-refractivity contribution in [2.24, 2.45) is 0 Å². The fraction of sp³-hybridized carbons (Fsp3) is 0.706. The van der Waals surface area contributed by atoms with E-state index in [0.29, 0.717) is 6.42 Å². The van der Waals surface area contributed by atoms with Crippen LogP contribution in [0.1, 0.15) is 68.4 Å². The summed E-state index contributed by atoms with van der Waals surface area (Å²) in [5.74, 6) is 0.142. The lowest BCUT2D eigenvalue weighted by Gasteiger charge is -2.39. The molecular weight excluding hydrogens is 282 g/mol. The first-order chi connectivity index (χ1) is 10.1. The average Bonchev–Trinajstić information content (AvgIpc) is 2.94. The van der Waals surface area contributed by atoms with Crippen molar-refractivity contribution in [3.8, 4) is 0 Å². The molecule has 1 fully saturated rings. The number of fused-ring (bicyclic) bond motifs is 1. The molecule has 3 rings (SSSR count). The predicted octanol–water partition coefficient (Wildman–Crippen LogP) is 3.67. The van der Waals surface area contributed by atoms with Crippen LogP contribution in [-0.4, -0.2) is 28.1 Å². The van der Waals surface area contributed by atoms with Crippen LogP contribution >= 0.6 is 11.3 Å². The van der Waals surface area contributed by atoms with Gasteiger partial charge in [-0.2, -0.15) is 0 Å². The van der Waals surface area contributed by atoms with Crippen LogP contribution < -0.4 is 0 Å². The molecule has 0 saturated heterocycles. The quantitative estimate of drug-likeness (QED) is 0.925. The van der Waals surface area contributed by atoms with Crippen LogP contribution in [0.3, 0.4) is 0 Å². The highest BCUT2D eigenvalue weighted by molar-refractivity contribution is 7.10. The normalized spacial score (nSPS) is 24.7. The van der Waals surface area contributed by atoms with Crippen LogP contribution in [-0.2, 0) is 11.2 Å². The van der Waals surface area contributed by atoms with Gasteiger partial charge in [0.25, 0.3) is 0 Å². The van der Waals surface area contributed by atoms with Crippen molar-refractivity contribution in [1.82, 2.24) is 4.90 Å². The van der Waals surface area contributed by atoms with Gasteiger partial charge in [-0.05, 0) is 42.7 Å². The number of aliphatic hydroxyl groups is 1. The first kappa shape index (κ1) is 15.0. The first-order valence-corrected chi connectivity index (χ1v) is 9.09. The van der Waals surface area contributed by atoms with Crippen molar-refractivity contribution in [3.05, 3.63) is 21.9 Å². The number of carbonyl (C=O) groups is 1. The minimum atomic E-state index is -0.747. The highest BCUT2D eigenvalue weighted by Gasteiger charge is 2.36. The Morgan fingerprint density at radius 3 is 2.90 bits per heavy atom. The van der Waals surface area contributed by atoms with Gasteiger partial charge in [0, 0.05) is 11.4 Å². The fourth-order valence-electron chi connectivity index (χ4n) is 3.90. The SMILES string of the molecule is CCC1c2ccsc2CCN1C(=O)CC1(O)CCCCC1. The Kier molecular flexibility index (Phi) is 4.36. The third-order valence-corrected chi connectivity index (χ3v) is 6.06. The van der Waals surface area contributed by atoms with Gasteiger partial charge < -0.3 is 10.0 Å². The predicted molar refractivity (Wildman–Crippen MR) is 85.4 cm³/mol. The Balaban J connectivity index is 1.72. The Morgan fingerprint density at radius 1 is 1.43 bits per heavy atom. The summed E-state index contributed by atoms with van der Waals surface area (Å²) in [7, 11) is 0. The van der Waals surface area contributed by atoms with Gasteiger partial charge in [0.05, 0.1) is 18.1 Å². The number of hydrogen-bond donors (Lipinski definition) is 1. The second-order valence-electron chi connectivity index (χ2n) is 6.52. The molecule has 3 nitrogen and oxygen atoms in total. The molecule has 1 saturated carbocycles. The lowest BCUT2D eigenvalue weighted by atomic mass is 9.82. The van der Waals surface area contributed by atoms with Gasteiger partial charge in [-0.15, -0.1) is 11.3 Å². The maximum Gasteiger partial charge on any atom is 0.225 e. The third-order valence-electron chi connectivity index (χ3n) is 5.07. The van der Waals surface area contributed by atoms with Gasteiger partial charge in [0.2, 0.25) is 5.91 Å². The molecule has 1 aromatic heterocycles. The number of thiophene rings is 1. The Bertz CT molecular complexity index is 505. The lowest BCUT2D eigenvalue weighted by molar-refractivity contribution is -0.140. The molecule has 21 heavy (non-hydrogen) atoms. The Hall–Kier alpha value is -0.870. The fourth-order valence-corrected chi connectivity index (χ4v) is 4.83. The van der Waals surface area contributed by atoms with Crippen LogP contribution in [0.5, 0.6) is 0 Å². The van der Waals surface area contributed by atoms with E-state index in [1.165, 1.54) is 16.9 Å². The van der Waals surface area contributed by atoms with Crippen molar-refractivity contribution >= 4 is 17.2 Å². The van der Waals surface area contributed by atoms with Crippen molar-refractivity contribution in [2.75, 3.05) is 6.54 Å². The smallest absolute Gasteiger partial charge is 0.225 e. The largest absolute Gasteiger partial charge is 0.389 e. The molecule has 0 radical (unpaired) electrons. The summed E-state index contributed by atoms with van der Waals surface area (Å²) >= 11 is 1.81. The minimum Gasteiger partial charge on any atom is -0.389 e.